The van der Waals surface area contributed by atoms with Crippen molar-refractivity contribution in [1.82, 2.24) is 4.98 Å². The Balaban J connectivity index is 3.20. The van der Waals surface area contributed by atoms with E-state index in [0.29, 0.717) is 10.9 Å². The molecule has 0 fully saturated rings. The highest BCUT2D eigenvalue weighted by Gasteiger charge is 2.30. The molecule has 0 aromatic carbocycles. The third-order valence-electron chi connectivity index (χ3n) is 2.75. The number of aliphatic hydroxyl groups is 2. The molecule has 100 valence electrons. The lowest BCUT2D eigenvalue weighted by atomic mass is 9.98. The molecule has 1 aromatic heterocycles. The lowest BCUT2D eigenvalue weighted by molar-refractivity contribution is -0.384. The Morgan fingerprint density at radius 3 is 2.56 bits per heavy atom. The first-order valence-electron chi connectivity index (χ1n) is 5.27. The molecule has 0 saturated carbocycles. The summed E-state index contributed by atoms with van der Waals surface area (Å²) in [6.07, 6.45) is 2.93. The number of hydrogen-bond donors (Lipinski definition) is 3. The normalized spacial score (nSPS) is 11.3. The van der Waals surface area contributed by atoms with Gasteiger partial charge < -0.3 is 15.5 Å². The van der Waals surface area contributed by atoms with Gasteiger partial charge in [-0.1, -0.05) is 6.92 Å². The van der Waals surface area contributed by atoms with E-state index in [1.165, 1.54) is 6.20 Å². The fourth-order valence-corrected chi connectivity index (χ4v) is 1.81. The number of hydrogen-bond acceptors (Lipinski definition) is 6. The molecule has 18 heavy (non-hydrogen) atoms. The summed E-state index contributed by atoms with van der Waals surface area (Å²) in [6, 6.07) is 0. The van der Waals surface area contributed by atoms with Crippen LogP contribution in [0.1, 0.15) is 13.3 Å². The molecule has 1 aromatic rings. The number of nitrogens with zero attached hydrogens (tertiary/aromatic N) is 2. The predicted octanol–water partition coefficient (Wildman–Crippen LogP) is 1.30. The minimum atomic E-state index is -1.01. The Morgan fingerprint density at radius 2 is 2.11 bits per heavy atom. The van der Waals surface area contributed by atoms with E-state index >= 15 is 0 Å². The summed E-state index contributed by atoms with van der Waals surface area (Å²) in [6.45, 7) is 1.08. The van der Waals surface area contributed by atoms with Crippen LogP contribution in [0, 0.1) is 10.1 Å². The van der Waals surface area contributed by atoms with Crippen molar-refractivity contribution < 1.29 is 15.1 Å². The molecule has 0 saturated heterocycles. The molecule has 0 atom stereocenters. The molecule has 0 aliphatic carbocycles. The molecule has 3 N–H and O–H groups in total. The standard InChI is InChI=1S/C10H14BrN3O4/c1-2-10(5-15,6-16)13-9-7(11)3-12-4-8(9)14(17)18/h3-4,15-16H,2,5-6H2,1H3,(H,12,13). The maximum atomic E-state index is 10.9. The Bertz CT molecular complexity index is 429. The number of aromatic nitrogens is 1. The van der Waals surface area contributed by atoms with Crippen LogP contribution in [-0.2, 0) is 0 Å². The van der Waals surface area contributed by atoms with Crippen LogP contribution in [0.5, 0.6) is 0 Å². The lowest BCUT2D eigenvalue weighted by Crippen LogP contribution is -2.45. The van der Waals surface area contributed by atoms with Gasteiger partial charge in [0.2, 0.25) is 0 Å². The van der Waals surface area contributed by atoms with Crippen molar-refractivity contribution in [2.45, 2.75) is 18.9 Å². The number of anilines is 1. The molecule has 1 rings (SSSR count). The van der Waals surface area contributed by atoms with Gasteiger partial charge in [0, 0.05) is 6.20 Å². The van der Waals surface area contributed by atoms with Gasteiger partial charge in [-0.3, -0.25) is 15.1 Å². The highest BCUT2D eigenvalue weighted by molar-refractivity contribution is 9.10. The van der Waals surface area contributed by atoms with Crippen LogP contribution in [0.3, 0.4) is 0 Å². The smallest absolute Gasteiger partial charge is 0.311 e. The van der Waals surface area contributed by atoms with Crippen molar-refractivity contribution in [3.05, 3.63) is 27.0 Å². The fraction of sp³-hybridized carbons (Fsp3) is 0.500. The van der Waals surface area contributed by atoms with Crippen molar-refractivity contribution in [3.63, 3.8) is 0 Å². The number of rotatable bonds is 6. The van der Waals surface area contributed by atoms with Gasteiger partial charge in [0.15, 0.2) is 0 Å². The Hall–Kier alpha value is -1.25. The number of nitro groups is 1. The van der Waals surface area contributed by atoms with Gasteiger partial charge in [-0.2, -0.15) is 0 Å². The van der Waals surface area contributed by atoms with E-state index in [-0.39, 0.29) is 24.6 Å². The van der Waals surface area contributed by atoms with Crippen molar-refractivity contribution in [2.24, 2.45) is 0 Å². The van der Waals surface area contributed by atoms with Crippen molar-refractivity contribution in [3.8, 4) is 0 Å². The topological polar surface area (TPSA) is 109 Å². The molecular formula is C10H14BrN3O4. The van der Waals surface area contributed by atoms with Crippen LogP contribution < -0.4 is 5.32 Å². The second kappa shape index (κ2) is 6.07. The number of nitrogens with one attached hydrogen (secondary N) is 1. The molecule has 0 amide bonds. The van der Waals surface area contributed by atoms with E-state index in [9.17, 15) is 20.3 Å². The van der Waals surface area contributed by atoms with E-state index in [4.69, 9.17) is 0 Å². The second-order valence-corrected chi connectivity index (χ2v) is 4.70. The summed E-state index contributed by atoms with van der Waals surface area (Å²) in [5, 5.41) is 32.4. The Kier molecular flexibility index (Phi) is 5.00. The Morgan fingerprint density at radius 1 is 1.50 bits per heavy atom. The van der Waals surface area contributed by atoms with Crippen molar-refractivity contribution in [1.29, 1.82) is 0 Å². The zero-order valence-electron chi connectivity index (χ0n) is 9.76. The first-order valence-corrected chi connectivity index (χ1v) is 6.06. The largest absolute Gasteiger partial charge is 0.394 e. The molecule has 0 radical (unpaired) electrons. The van der Waals surface area contributed by atoms with Crippen LogP contribution in [-0.4, -0.2) is 38.9 Å². The molecular weight excluding hydrogens is 306 g/mol. The first-order chi connectivity index (χ1) is 8.49. The van der Waals surface area contributed by atoms with Gasteiger partial charge >= 0.3 is 5.69 Å². The monoisotopic (exact) mass is 319 g/mol. The van der Waals surface area contributed by atoms with Gasteiger partial charge in [-0.25, -0.2) is 0 Å². The molecule has 0 unspecified atom stereocenters. The predicted molar refractivity (Wildman–Crippen MR) is 69.4 cm³/mol. The van der Waals surface area contributed by atoms with E-state index in [1.807, 2.05) is 0 Å². The number of halogens is 1. The summed E-state index contributed by atoms with van der Waals surface area (Å²) in [5.74, 6) is 0. The molecule has 7 nitrogen and oxygen atoms in total. The van der Waals surface area contributed by atoms with E-state index in [0.717, 1.165) is 6.20 Å². The third kappa shape index (κ3) is 2.95. The number of pyridine rings is 1. The highest BCUT2D eigenvalue weighted by atomic mass is 79.9. The summed E-state index contributed by atoms with van der Waals surface area (Å²) in [4.78, 5) is 14.1. The van der Waals surface area contributed by atoms with Crippen LogP contribution in [0.15, 0.2) is 16.9 Å². The van der Waals surface area contributed by atoms with Crippen molar-refractivity contribution in [2.75, 3.05) is 18.5 Å². The fourth-order valence-electron chi connectivity index (χ4n) is 1.39. The molecule has 0 aliphatic heterocycles. The summed E-state index contributed by atoms with van der Waals surface area (Å²) in [5.41, 5.74) is -1.03. The van der Waals surface area contributed by atoms with Gasteiger partial charge in [-0.05, 0) is 22.4 Å². The zero-order chi connectivity index (χ0) is 13.8. The van der Waals surface area contributed by atoms with E-state index < -0.39 is 10.5 Å². The average molecular weight is 320 g/mol. The first kappa shape index (κ1) is 14.8. The summed E-state index contributed by atoms with van der Waals surface area (Å²) >= 11 is 3.16. The maximum Gasteiger partial charge on any atom is 0.311 e. The summed E-state index contributed by atoms with van der Waals surface area (Å²) < 4.78 is 0.399. The van der Waals surface area contributed by atoms with Gasteiger partial charge in [0.25, 0.3) is 0 Å². The quantitative estimate of drug-likeness (QED) is 0.538. The molecule has 8 heteroatoms. The zero-order valence-corrected chi connectivity index (χ0v) is 11.3. The van der Waals surface area contributed by atoms with Crippen LogP contribution in [0.4, 0.5) is 11.4 Å². The minimum absolute atomic E-state index is 0.194. The van der Waals surface area contributed by atoms with Gasteiger partial charge in [0.05, 0.1) is 28.1 Å². The van der Waals surface area contributed by atoms with Crippen molar-refractivity contribution >= 4 is 27.3 Å². The SMILES string of the molecule is CCC(CO)(CO)Nc1c(Br)cncc1[N+](=O)[O-]. The maximum absolute atomic E-state index is 10.9. The second-order valence-electron chi connectivity index (χ2n) is 3.85. The minimum Gasteiger partial charge on any atom is -0.394 e. The molecule has 1 heterocycles. The van der Waals surface area contributed by atoms with Crippen LogP contribution in [0.2, 0.25) is 0 Å². The van der Waals surface area contributed by atoms with Crippen LogP contribution in [0.25, 0.3) is 0 Å². The van der Waals surface area contributed by atoms with Gasteiger partial charge in [0.1, 0.15) is 11.9 Å². The number of aliphatic hydroxyl groups excluding tert-OH is 2. The molecule has 0 spiro atoms. The van der Waals surface area contributed by atoms with Gasteiger partial charge in [-0.15, -0.1) is 0 Å². The summed E-state index contributed by atoms with van der Waals surface area (Å²) in [7, 11) is 0. The Labute approximate surface area is 112 Å². The average Bonchev–Trinajstić information content (AvgIpc) is 2.37. The lowest BCUT2D eigenvalue weighted by Gasteiger charge is -2.30. The van der Waals surface area contributed by atoms with E-state index in [1.54, 1.807) is 6.92 Å². The van der Waals surface area contributed by atoms with E-state index in [2.05, 4.69) is 26.2 Å². The van der Waals surface area contributed by atoms with Crippen LogP contribution >= 0.6 is 15.9 Å². The molecule has 0 bridgehead atoms. The third-order valence-corrected chi connectivity index (χ3v) is 3.35. The molecule has 0 aliphatic rings. The highest BCUT2D eigenvalue weighted by Crippen LogP contribution is 2.33.